The molecule has 6 nitrogen and oxygen atoms in total. The van der Waals surface area contributed by atoms with Crippen molar-refractivity contribution in [3.63, 3.8) is 0 Å². The highest BCUT2D eigenvalue weighted by Crippen LogP contribution is 2.37. The molecule has 1 N–H and O–H groups in total. The molecule has 0 bridgehead atoms. The van der Waals surface area contributed by atoms with Gasteiger partial charge in [0.25, 0.3) is 0 Å². The lowest BCUT2D eigenvalue weighted by Gasteiger charge is -2.22. The van der Waals surface area contributed by atoms with Gasteiger partial charge in [0.05, 0.1) is 18.5 Å². The Morgan fingerprint density at radius 1 is 1.10 bits per heavy atom. The largest absolute Gasteiger partial charge is 0.492 e. The highest BCUT2D eigenvalue weighted by atomic mass is 16.5. The van der Waals surface area contributed by atoms with Gasteiger partial charge in [0, 0.05) is 20.8 Å². The predicted molar refractivity (Wildman–Crippen MR) is 75.9 cm³/mol. The fraction of sp³-hybridized carbons (Fsp3) is 0.357. The number of aryl methyl sites for hydroxylation is 1. The van der Waals surface area contributed by atoms with Crippen molar-refractivity contribution in [2.24, 2.45) is 0 Å². The third-order valence-electron chi connectivity index (χ3n) is 2.60. The number of hydrogen-bond donors (Lipinski definition) is 1. The molecule has 0 radical (unpaired) electrons. The molecular weight excluding hydrogens is 260 g/mol. The third-order valence-corrected chi connectivity index (χ3v) is 2.60. The summed E-state index contributed by atoms with van der Waals surface area (Å²) in [4.78, 5) is 35.6. The molecule has 1 aromatic carbocycles. The van der Waals surface area contributed by atoms with Crippen molar-refractivity contribution in [2.75, 3.05) is 17.3 Å². The fourth-order valence-electron chi connectivity index (χ4n) is 1.98. The monoisotopic (exact) mass is 278 g/mol. The summed E-state index contributed by atoms with van der Waals surface area (Å²) in [7, 11) is 1.41. The van der Waals surface area contributed by atoms with E-state index in [-0.39, 0.29) is 11.7 Å². The molecule has 0 saturated heterocycles. The average Bonchev–Trinajstić information content (AvgIpc) is 2.26. The van der Waals surface area contributed by atoms with Crippen LogP contribution in [0.3, 0.4) is 0 Å². The number of imide groups is 1. The standard InChI is InChI=1S/C14H18N2O4/c1-8-6-12(15-9(2)17)14(20-5)13(7-8)16(10(3)18)11(4)19/h6-7H,1-5H3,(H,15,17). The quantitative estimate of drug-likeness (QED) is 0.915. The number of benzene rings is 1. The smallest absolute Gasteiger partial charge is 0.230 e. The highest BCUT2D eigenvalue weighted by molar-refractivity contribution is 6.15. The summed E-state index contributed by atoms with van der Waals surface area (Å²) in [6, 6.07) is 3.37. The lowest BCUT2D eigenvalue weighted by atomic mass is 10.1. The second-order valence-electron chi connectivity index (χ2n) is 4.42. The molecule has 108 valence electrons. The van der Waals surface area contributed by atoms with Crippen LogP contribution in [0.4, 0.5) is 11.4 Å². The number of nitrogens with zero attached hydrogens (tertiary/aromatic N) is 1. The minimum Gasteiger partial charge on any atom is -0.492 e. The Morgan fingerprint density at radius 2 is 1.65 bits per heavy atom. The summed E-state index contributed by atoms with van der Waals surface area (Å²) in [6.45, 7) is 5.75. The van der Waals surface area contributed by atoms with Gasteiger partial charge in [0.1, 0.15) is 0 Å². The van der Waals surface area contributed by atoms with E-state index < -0.39 is 11.8 Å². The van der Waals surface area contributed by atoms with Crippen LogP contribution in [0.5, 0.6) is 5.75 Å². The third kappa shape index (κ3) is 3.34. The van der Waals surface area contributed by atoms with Crippen LogP contribution in [0.25, 0.3) is 0 Å². The van der Waals surface area contributed by atoms with Crippen LogP contribution in [0.2, 0.25) is 0 Å². The maximum Gasteiger partial charge on any atom is 0.230 e. The minimum atomic E-state index is -0.421. The zero-order chi connectivity index (χ0) is 15.4. The Kier molecular flexibility index (Phi) is 4.85. The van der Waals surface area contributed by atoms with Crippen molar-refractivity contribution in [3.05, 3.63) is 17.7 Å². The normalized spacial score (nSPS) is 9.85. The number of hydrogen-bond acceptors (Lipinski definition) is 4. The molecule has 0 heterocycles. The summed E-state index contributed by atoms with van der Waals surface area (Å²) in [5.74, 6) is -0.835. The Balaban J connectivity index is 3.51. The van der Waals surface area contributed by atoms with E-state index in [2.05, 4.69) is 5.32 Å². The van der Waals surface area contributed by atoms with E-state index in [1.54, 1.807) is 19.1 Å². The van der Waals surface area contributed by atoms with Gasteiger partial charge in [0.15, 0.2) is 5.75 Å². The molecule has 20 heavy (non-hydrogen) atoms. The van der Waals surface area contributed by atoms with Crippen molar-refractivity contribution in [1.82, 2.24) is 0 Å². The van der Waals surface area contributed by atoms with E-state index in [1.165, 1.54) is 27.9 Å². The first-order chi connectivity index (χ1) is 9.27. The lowest BCUT2D eigenvalue weighted by Crippen LogP contribution is -2.33. The first-order valence-corrected chi connectivity index (χ1v) is 6.05. The van der Waals surface area contributed by atoms with Gasteiger partial charge < -0.3 is 10.1 Å². The summed E-state index contributed by atoms with van der Waals surface area (Å²) >= 11 is 0. The molecule has 0 unspecified atom stereocenters. The Bertz CT molecular complexity index is 553. The molecular formula is C14H18N2O4. The zero-order valence-corrected chi connectivity index (χ0v) is 12.2. The molecule has 3 amide bonds. The van der Waals surface area contributed by atoms with E-state index in [0.717, 1.165) is 10.5 Å². The number of anilines is 2. The molecule has 1 rings (SSSR count). The summed E-state index contributed by atoms with van der Waals surface area (Å²) in [5.41, 5.74) is 1.52. The Morgan fingerprint density at radius 3 is 2.05 bits per heavy atom. The number of nitrogens with one attached hydrogen (secondary N) is 1. The molecule has 0 aliphatic carbocycles. The highest BCUT2D eigenvalue weighted by Gasteiger charge is 2.23. The van der Waals surface area contributed by atoms with Crippen molar-refractivity contribution in [3.8, 4) is 5.75 Å². The first kappa shape index (κ1) is 15.7. The average molecular weight is 278 g/mol. The second-order valence-corrected chi connectivity index (χ2v) is 4.42. The number of carbonyl (C=O) groups is 3. The zero-order valence-electron chi connectivity index (χ0n) is 12.2. The number of amides is 3. The number of ether oxygens (including phenoxy) is 1. The molecule has 0 spiro atoms. The van der Waals surface area contributed by atoms with Gasteiger partial charge in [-0.3, -0.25) is 14.4 Å². The van der Waals surface area contributed by atoms with Crippen molar-refractivity contribution in [2.45, 2.75) is 27.7 Å². The number of carbonyl (C=O) groups excluding carboxylic acids is 3. The van der Waals surface area contributed by atoms with Gasteiger partial charge in [-0.25, -0.2) is 4.90 Å². The lowest BCUT2D eigenvalue weighted by molar-refractivity contribution is -0.124. The second kappa shape index (κ2) is 6.18. The summed E-state index contributed by atoms with van der Waals surface area (Å²) in [6.07, 6.45) is 0. The number of methoxy groups -OCH3 is 1. The first-order valence-electron chi connectivity index (χ1n) is 6.05. The maximum atomic E-state index is 11.7. The van der Waals surface area contributed by atoms with Crippen LogP contribution in [0, 0.1) is 6.92 Å². The fourth-order valence-corrected chi connectivity index (χ4v) is 1.98. The molecule has 0 saturated carbocycles. The summed E-state index contributed by atoms with van der Waals surface area (Å²) < 4.78 is 5.25. The van der Waals surface area contributed by atoms with Gasteiger partial charge in [-0.15, -0.1) is 0 Å². The molecule has 0 aliphatic rings. The van der Waals surface area contributed by atoms with Gasteiger partial charge in [0.2, 0.25) is 17.7 Å². The van der Waals surface area contributed by atoms with Gasteiger partial charge in [-0.2, -0.15) is 0 Å². The SMILES string of the molecule is COc1c(NC(C)=O)cc(C)cc1N(C(C)=O)C(C)=O. The molecule has 1 aromatic rings. The van der Waals surface area contributed by atoms with Crippen LogP contribution in [0.1, 0.15) is 26.3 Å². The molecule has 0 fully saturated rings. The van der Waals surface area contributed by atoms with Crippen LogP contribution in [-0.4, -0.2) is 24.8 Å². The van der Waals surface area contributed by atoms with Gasteiger partial charge in [-0.1, -0.05) is 0 Å². The van der Waals surface area contributed by atoms with Crippen molar-refractivity contribution >= 4 is 29.1 Å². The van der Waals surface area contributed by atoms with E-state index in [0.29, 0.717) is 11.4 Å². The van der Waals surface area contributed by atoms with Crippen molar-refractivity contribution in [1.29, 1.82) is 0 Å². The van der Waals surface area contributed by atoms with Crippen LogP contribution in [0.15, 0.2) is 12.1 Å². The van der Waals surface area contributed by atoms with Gasteiger partial charge in [-0.05, 0) is 24.6 Å². The minimum absolute atomic E-state index is 0.267. The van der Waals surface area contributed by atoms with E-state index in [9.17, 15) is 14.4 Å². The van der Waals surface area contributed by atoms with E-state index >= 15 is 0 Å². The van der Waals surface area contributed by atoms with E-state index in [1.807, 2.05) is 0 Å². The van der Waals surface area contributed by atoms with Gasteiger partial charge >= 0.3 is 0 Å². The Hall–Kier alpha value is -2.37. The molecule has 0 atom stereocenters. The predicted octanol–water partition coefficient (Wildman–Crippen LogP) is 1.86. The van der Waals surface area contributed by atoms with Crippen molar-refractivity contribution < 1.29 is 19.1 Å². The van der Waals surface area contributed by atoms with Crippen LogP contribution in [-0.2, 0) is 14.4 Å². The number of rotatable bonds is 3. The van der Waals surface area contributed by atoms with Crippen LogP contribution < -0.4 is 15.0 Å². The topological polar surface area (TPSA) is 75.7 Å². The van der Waals surface area contributed by atoms with Crippen LogP contribution >= 0.6 is 0 Å². The van der Waals surface area contributed by atoms with E-state index in [4.69, 9.17) is 4.74 Å². The maximum absolute atomic E-state index is 11.7. The summed E-state index contributed by atoms with van der Waals surface area (Å²) in [5, 5.41) is 2.63. The molecule has 6 heteroatoms. The molecule has 0 aliphatic heterocycles. The molecule has 0 aromatic heterocycles. The Labute approximate surface area is 117 Å².